The Hall–Kier alpha value is -5.23. The molecule has 0 spiro atoms. The van der Waals surface area contributed by atoms with E-state index in [9.17, 15) is 14.4 Å². The number of hydrogen-bond acceptors (Lipinski definition) is 6. The molecule has 2 atom stereocenters. The number of hydrogen-bond donors (Lipinski definition) is 0. The van der Waals surface area contributed by atoms with Gasteiger partial charge in [0.25, 0.3) is 5.60 Å². The largest absolute Gasteiger partial charge is 0.444 e. The van der Waals surface area contributed by atoms with Gasteiger partial charge in [-0.3, -0.25) is 4.79 Å². The molecule has 4 aromatic carbocycles. The topological polar surface area (TPSA) is 78.9 Å². The molecule has 1 aliphatic carbocycles. The van der Waals surface area contributed by atoms with Crippen LogP contribution in [0.3, 0.4) is 0 Å². The number of ether oxygens (including phenoxy) is 3. The van der Waals surface area contributed by atoms with Gasteiger partial charge in [0.1, 0.15) is 5.75 Å². The van der Waals surface area contributed by atoms with Crippen LogP contribution in [0.15, 0.2) is 115 Å². The van der Waals surface area contributed by atoms with E-state index in [4.69, 9.17) is 14.2 Å². The molecule has 4 aromatic rings. The van der Waals surface area contributed by atoms with Gasteiger partial charge in [-0.15, -0.1) is 0 Å². The summed E-state index contributed by atoms with van der Waals surface area (Å²) in [7, 11) is 0. The van der Waals surface area contributed by atoms with Crippen molar-refractivity contribution in [1.29, 1.82) is 0 Å². The van der Waals surface area contributed by atoms with Crippen molar-refractivity contribution in [2.24, 2.45) is 0 Å². The Balaban J connectivity index is 1.48. The van der Waals surface area contributed by atoms with E-state index in [2.05, 4.69) is 0 Å². The number of ketones is 1. The molecule has 6 heteroatoms. The van der Waals surface area contributed by atoms with Crippen LogP contribution in [0.2, 0.25) is 0 Å². The minimum atomic E-state index is -2.10. The van der Waals surface area contributed by atoms with Crippen molar-refractivity contribution >= 4 is 29.9 Å². The van der Waals surface area contributed by atoms with E-state index in [1.165, 1.54) is 12.2 Å². The van der Waals surface area contributed by atoms with Crippen molar-refractivity contribution < 1.29 is 28.6 Å². The van der Waals surface area contributed by atoms with Gasteiger partial charge in [-0.25, -0.2) is 9.59 Å². The molecule has 1 heterocycles. The van der Waals surface area contributed by atoms with E-state index < -0.39 is 29.1 Å². The number of fused-ring (bicyclic) bond motifs is 5. The molecule has 0 amide bonds. The summed E-state index contributed by atoms with van der Waals surface area (Å²) in [5.41, 5.74) is 1.28. The molecule has 6 rings (SSSR count). The van der Waals surface area contributed by atoms with Crippen molar-refractivity contribution in [1.82, 2.24) is 0 Å². The lowest BCUT2D eigenvalue weighted by atomic mass is 9.85. The quantitative estimate of drug-likeness (QED) is 0.181. The maximum absolute atomic E-state index is 14.4. The number of benzene rings is 4. The molecule has 1 aliphatic heterocycles. The molecular formula is C36H28O6. The summed E-state index contributed by atoms with van der Waals surface area (Å²) in [6.07, 6.45) is 5.73. The van der Waals surface area contributed by atoms with Gasteiger partial charge in [0.15, 0.2) is 0 Å². The second-order valence-corrected chi connectivity index (χ2v) is 10.5. The summed E-state index contributed by atoms with van der Waals surface area (Å²) in [6.45, 7) is 4.07. The molecule has 2 unspecified atom stereocenters. The van der Waals surface area contributed by atoms with E-state index in [0.29, 0.717) is 16.9 Å². The van der Waals surface area contributed by atoms with Crippen LogP contribution < -0.4 is 4.74 Å². The van der Waals surface area contributed by atoms with E-state index >= 15 is 0 Å². The highest BCUT2D eigenvalue weighted by atomic mass is 16.8. The van der Waals surface area contributed by atoms with Crippen LogP contribution in [0, 0.1) is 0 Å². The maximum atomic E-state index is 14.4. The van der Waals surface area contributed by atoms with E-state index in [0.717, 1.165) is 16.7 Å². The molecule has 208 valence electrons. The van der Waals surface area contributed by atoms with E-state index in [1.807, 2.05) is 80.6 Å². The lowest BCUT2D eigenvalue weighted by Gasteiger charge is -2.36. The van der Waals surface area contributed by atoms with Crippen LogP contribution in [0.25, 0.3) is 12.2 Å². The molecule has 2 aliphatic rings. The molecule has 6 nitrogen and oxygen atoms in total. The smallest absolute Gasteiger partial charge is 0.334 e. The minimum Gasteiger partial charge on any atom is -0.444 e. The molecule has 0 N–H and O–H groups in total. The zero-order chi connectivity index (χ0) is 29.3. The Morgan fingerprint density at radius 1 is 0.714 bits per heavy atom. The number of carbonyl (C=O) groups is 3. The van der Waals surface area contributed by atoms with Gasteiger partial charge in [-0.2, -0.15) is 0 Å². The normalized spacial score (nSPS) is 20.3. The van der Waals surface area contributed by atoms with Gasteiger partial charge < -0.3 is 14.2 Å². The molecule has 0 fully saturated rings. The molecule has 42 heavy (non-hydrogen) atoms. The lowest BCUT2D eigenvalue weighted by Crippen LogP contribution is -2.54. The number of Topliss-reactive ketones (excluding diaryl/α,β-unsaturated/α-hetero) is 1. The first-order valence-corrected chi connectivity index (χ1v) is 13.7. The Bertz CT molecular complexity index is 1740. The zero-order valence-corrected chi connectivity index (χ0v) is 23.2. The average molecular weight is 557 g/mol. The van der Waals surface area contributed by atoms with E-state index in [-0.39, 0.29) is 11.5 Å². The van der Waals surface area contributed by atoms with Gasteiger partial charge in [0.2, 0.25) is 5.78 Å². The molecule has 0 saturated heterocycles. The fourth-order valence-corrected chi connectivity index (χ4v) is 5.49. The van der Waals surface area contributed by atoms with Crippen LogP contribution in [0.1, 0.15) is 57.9 Å². The van der Waals surface area contributed by atoms with E-state index in [1.54, 1.807) is 48.6 Å². The Morgan fingerprint density at radius 2 is 1.29 bits per heavy atom. The zero-order valence-electron chi connectivity index (χ0n) is 23.2. The second kappa shape index (κ2) is 10.6. The number of carbonyl (C=O) groups excluding carboxylic acids is 3. The number of rotatable bonds is 7. The summed E-state index contributed by atoms with van der Waals surface area (Å²) in [5.74, 6) is -3.70. The third kappa shape index (κ3) is 4.41. The first kappa shape index (κ1) is 27.0. The summed E-state index contributed by atoms with van der Waals surface area (Å²) in [6, 6.07) is 30.6. The number of esters is 2. The van der Waals surface area contributed by atoms with Crippen molar-refractivity contribution in [2.45, 2.75) is 31.2 Å². The SMILES string of the molecule is CC(C)c1ccc2c(c1)OC1(OC(=O)/C=C/c3ccccc3)c3ccccc3C(=O)C21OC(=O)/C=C/c1ccccc1. The van der Waals surface area contributed by atoms with Crippen molar-refractivity contribution in [3.05, 3.63) is 149 Å². The van der Waals surface area contributed by atoms with Crippen LogP contribution in [-0.4, -0.2) is 17.7 Å². The summed E-state index contributed by atoms with van der Waals surface area (Å²) < 4.78 is 18.7. The minimum absolute atomic E-state index is 0.155. The van der Waals surface area contributed by atoms with Crippen molar-refractivity contribution in [2.75, 3.05) is 0 Å². The maximum Gasteiger partial charge on any atom is 0.334 e. The van der Waals surface area contributed by atoms with Crippen molar-refractivity contribution in [3.63, 3.8) is 0 Å². The Morgan fingerprint density at radius 3 is 1.90 bits per heavy atom. The monoisotopic (exact) mass is 556 g/mol. The highest BCUT2D eigenvalue weighted by Gasteiger charge is 2.76. The molecule has 0 bridgehead atoms. The van der Waals surface area contributed by atoms with Crippen LogP contribution in [0.4, 0.5) is 0 Å². The average Bonchev–Trinajstić information content (AvgIpc) is 3.38. The lowest BCUT2D eigenvalue weighted by molar-refractivity contribution is -0.251. The third-order valence-corrected chi connectivity index (χ3v) is 7.54. The van der Waals surface area contributed by atoms with Gasteiger partial charge in [0.05, 0.1) is 11.1 Å². The first-order valence-electron chi connectivity index (χ1n) is 13.7. The molecular weight excluding hydrogens is 528 g/mol. The fourth-order valence-electron chi connectivity index (χ4n) is 5.49. The Labute approximate surface area is 243 Å². The van der Waals surface area contributed by atoms with Gasteiger partial charge in [-0.05, 0) is 40.8 Å². The molecule has 0 saturated carbocycles. The van der Waals surface area contributed by atoms with Gasteiger partial charge >= 0.3 is 17.7 Å². The van der Waals surface area contributed by atoms with Crippen LogP contribution in [0.5, 0.6) is 5.75 Å². The third-order valence-electron chi connectivity index (χ3n) is 7.54. The second-order valence-electron chi connectivity index (χ2n) is 10.5. The van der Waals surface area contributed by atoms with Gasteiger partial charge in [0, 0.05) is 17.7 Å². The summed E-state index contributed by atoms with van der Waals surface area (Å²) in [5, 5.41) is 0. The standard InChI is InChI=1S/C36H28O6/c1-24(2)27-19-20-30-31(23-27)40-36(42-33(38)22-18-26-13-7-4-8-14-26)29-16-10-9-15-28(29)34(39)35(30,36)41-32(37)21-17-25-11-5-3-6-12-25/h3-24H,1-2H3/b21-17+,22-18+. The summed E-state index contributed by atoms with van der Waals surface area (Å²) >= 11 is 0. The first-order chi connectivity index (χ1) is 20.3. The van der Waals surface area contributed by atoms with Crippen LogP contribution in [-0.2, 0) is 30.5 Å². The summed E-state index contributed by atoms with van der Waals surface area (Å²) in [4.78, 5) is 41.3. The van der Waals surface area contributed by atoms with Crippen LogP contribution >= 0.6 is 0 Å². The predicted molar refractivity (Wildman–Crippen MR) is 158 cm³/mol. The molecule has 0 aromatic heterocycles. The predicted octanol–water partition coefficient (Wildman–Crippen LogP) is 6.96. The Kier molecular flexibility index (Phi) is 6.83. The molecule has 0 radical (unpaired) electrons. The fraction of sp³-hybridized carbons (Fsp3) is 0.139. The van der Waals surface area contributed by atoms with Crippen molar-refractivity contribution in [3.8, 4) is 5.75 Å². The highest BCUT2D eigenvalue weighted by molar-refractivity contribution is 6.11. The van der Waals surface area contributed by atoms with Gasteiger partial charge in [-0.1, -0.05) is 111 Å². The highest BCUT2D eigenvalue weighted by Crippen LogP contribution is 2.62.